The van der Waals surface area contributed by atoms with Gasteiger partial charge in [0, 0.05) is 12.5 Å². The van der Waals surface area contributed by atoms with Crippen LogP contribution in [0.5, 0.6) is 0 Å². The van der Waals surface area contributed by atoms with Crippen molar-refractivity contribution in [2.45, 2.75) is 39.7 Å². The Kier molecular flexibility index (Phi) is 5.11. The van der Waals surface area contributed by atoms with E-state index in [0.29, 0.717) is 17.3 Å². The predicted octanol–water partition coefficient (Wildman–Crippen LogP) is 2.83. The van der Waals surface area contributed by atoms with Gasteiger partial charge in [0.1, 0.15) is 5.15 Å². The van der Waals surface area contributed by atoms with Gasteiger partial charge in [0.25, 0.3) is 0 Å². The molecule has 3 N–H and O–H groups in total. The van der Waals surface area contributed by atoms with Crippen molar-refractivity contribution in [1.82, 2.24) is 4.98 Å². The van der Waals surface area contributed by atoms with Gasteiger partial charge in [0.15, 0.2) is 0 Å². The molecule has 0 bridgehead atoms. The van der Waals surface area contributed by atoms with Gasteiger partial charge >= 0.3 is 0 Å². The summed E-state index contributed by atoms with van der Waals surface area (Å²) in [6, 6.07) is 3.21. The van der Waals surface area contributed by atoms with E-state index in [1.165, 1.54) is 6.20 Å². The third-order valence-electron chi connectivity index (χ3n) is 2.33. The molecule has 0 aliphatic heterocycles. The number of anilines is 1. The van der Waals surface area contributed by atoms with Gasteiger partial charge in [-0.05, 0) is 24.0 Å². The van der Waals surface area contributed by atoms with E-state index in [1.54, 1.807) is 12.1 Å². The number of amides is 1. The number of hydrogen-bond donors (Lipinski definition) is 2. The molecule has 0 spiro atoms. The van der Waals surface area contributed by atoms with Crippen molar-refractivity contribution >= 4 is 23.2 Å². The molecule has 18 heavy (non-hydrogen) atoms. The van der Waals surface area contributed by atoms with Crippen molar-refractivity contribution in [1.29, 1.82) is 0 Å². The fourth-order valence-electron chi connectivity index (χ4n) is 1.76. The van der Waals surface area contributed by atoms with E-state index in [0.717, 1.165) is 6.42 Å². The Morgan fingerprint density at radius 1 is 1.50 bits per heavy atom. The lowest BCUT2D eigenvalue weighted by Gasteiger charge is -2.22. The smallest absolute Gasteiger partial charge is 0.225 e. The molecule has 1 unspecified atom stereocenters. The lowest BCUT2D eigenvalue weighted by molar-refractivity contribution is -0.116. The molecular formula is C13H20ClN3O. The average Bonchev–Trinajstić information content (AvgIpc) is 2.18. The lowest BCUT2D eigenvalue weighted by Crippen LogP contribution is -2.31. The second-order valence-corrected chi connectivity index (χ2v) is 6.03. The van der Waals surface area contributed by atoms with Gasteiger partial charge in [-0.15, -0.1) is 0 Å². The topological polar surface area (TPSA) is 68.0 Å². The summed E-state index contributed by atoms with van der Waals surface area (Å²) < 4.78 is 0. The summed E-state index contributed by atoms with van der Waals surface area (Å²) in [6.07, 6.45) is 2.63. The zero-order chi connectivity index (χ0) is 13.8. The van der Waals surface area contributed by atoms with Crippen LogP contribution in [0.1, 0.15) is 33.6 Å². The first kappa shape index (κ1) is 14.9. The van der Waals surface area contributed by atoms with Crippen LogP contribution in [0.25, 0.3) is 0 Å². The molecule has 0 saturated heterocycles. The molecule has 0 aliphatic rings. The molecule has 0 saturated carbocycles. The number of nitrogens with zero attached hydrogens (tertiary/aromatic N) is 1. The molecule has 0 aromatic carbocycles. The van der Waals surface area contributed by atoms with Gasteiger partial charge in [0.05, 0.1) is 11.9 Å². The summed E-state index contributed by atoms with van der Waals surface area (Å²) in [6.45, 7) is 6.32. The van der Waals surface area contributed by atoms with Crippen LogP contribution in [0, 0.1) is 5.41 Å². The van der Waals surface area contributed by atoms with E-state index in [4.69, 9.17) is 17.3 Å². The molecule has 1 aromatic rings. The van der Waals surface area contributed by atoms with Gasteiger partial charge in [-0.25, -0.2) is 4.98 Å². The summed E-state index contributed by atoms with van der Waals surface area (Å²) in [5.41, 5.74) is 6.70. The number of nitrogens with one attached hydrogen (secondary N) is 1. The molecular weight excluding hydrogens is 250 g/mol. The monoisotopic (exact) mass is 269 g/mol. The molecule has 0 aliphatic carbocycles. The van der Waals surface area contributed by atoms with Crippen LogP contribution in [-0.4, -0.2) is 16.9 Å². The van der Waals surface area contributed by atoms with E-state index in [2.05, 4.69) is 31.1 Å². The van der Waals surface area contributed by atoms with Gasteiger partial charge in [0.2, 0.25) is 5.91 Å². The van der Waals surface area contributed by atoms with E-state index < -0.39 is 0 Å². The quantitative estimate of drug-likeness (QED) is 0.826. The first-order valence-electron chi connectivity index (χ1n) is 5.93. The summed E-state index contributed by atoms with van der Waals surface area (Å²) in [5, 5.41) is 3.15. The predicted molar refractivity (Wildman–Crippen MR) is 74.5 cm³/mol. The molecule has 1 rings (SSSR count). The molecule has 1 aromatic heterocycles. The maximum absolute atomic E-state index is 11.7. The van der Waals surface area contributed by atoms with Gasteiger partial charge in [-0.1, -0.05) is 32.4 Å². The Balaban J connectivity index is 2.44. The SMILES string of the molecule is CC(C)(C)CC(N)CC(=O)Nc1ccc(Cl)nc1. The van der Waals surface area contributed by atoms with Gasteiger partial charge in [-0.2, -0.15) is 0 Å². The Labute approximate surface area is 113 Å². The van der Waals surface area contributed by atoms with Crippen molar-refractivity contribution < 1.29 is 4.79 Å². The minimum absolute atomic E-state index is 0.101. The molecule has 1 heterocycles. The molecule has 1 atom stereocenters. The highest BCUT2D eigenvalue weighted by atomic mass is 35.5. The van der Waals surface area contributed by atoms with Crippen molar-refractivity contribution in [2.24, 2.45) is 11.1 Å². The lowest BCUT2D eigenvalue weighted by atomic mass is 9.87. The van der Waals surface area contributed by atoms with Gasteiger partial charge in [-0.3, -0.25) is 4.79 Å². The zero-order valence-corrected chi connectivity index (χ0v) is 11.8. The van der Waals surface area contributed by atoms with E-state index >= 15 is 0 Å². The Hall–Kier alpha value is -1.13. The van der Waals surface area contributed by atoms with E-state index in [1.807, 2.05) is 0 Å². The second kappa shape index (κ2) is 6.16. The number of halogens is 1. The summed E-state index contributed by atoms with van der Waals surface area (Å²) in [4.78, 5) is 15.6. The first-order valence-corrected chi connectivity index (χ1v) is 6.31. The maximum Gasteiger partial charge on any atom is 0.225 e. The fourth-order valence-corrected chi connectivity index (χ4v) is 1.87. The third-order valence-corrected chi connectivity index (χ3v) is 2.56. The van der Waals surface area contributed by atoms with Crippen molar-refractivity contribution in [3.05, 3.63) is 23.5 Å². The van der Waals surface area contributed by atoms with E-state index in [9.17, 15) is 4.79 Å². The highest BCUT2D eigenvalue weighted by Crippen LogP contribution is 2.21. The van der Waals surface area contributed by atoms with Crippen LogP contribution < -0.4 is 11.1 Å². The largest absolute Gasteiger partial charge is 0.327 e. The average molecular weight is 270 g/mol. The normalized spacial score (nSPS) is 13.2. The number of nitrogens with two attached hydrogens (primary N) is 1. The molecule has 4 nitrogen and oxygen atoms in total. The fraction of sp³-hybridized carbons (Fsp3) is 0.538. The highest BCUT2D eigenvalue weighted by molar-refractivity contribution is 6.29. The zero-order valence-electron chi connectivity index (χ0n) is 11.0. The number of carbonyl (C=O) groups excluding carboxylic acids is 1. The number of aromatic nitrogens is 1. The molecule has 0 radical (unpaired) electrons. The Bertz CT molecular complexity index is 398. The number of pyridine rings is 1. The van der Waals surface area contributed by atoms with Crippen LogP contribution in [0.2, 0.25) is 5.15 Å². The number of rotatable bonds is 4. The minimum atomic E-state index is -0.134. The molecule has 100 valence electrons. The summed E-state index contributed by atoms with van der Waals surface area (Å²) in [5.74, 6) is -0.101. The first-order chi connectivity index (χ1) is 8.26. The van der Waals surface area contributed by atoms with Crippen LogP contribution in [0.3, 0.4) is 0 Å². The summed E-state index contributed by atoms with van der Waals surface area (Å²) in [7, 11) is 0. The number of carbonyl (C=O) groups is 1. The molecule has 5 heteroatoms. The standard InChI is InChI=1S/C13H20ClN3O/c1-13(2,3)7-9(15)6-12(18)17-10-4-5-11(14)16-8-10/h4-5,8-9H,6-7,15H2,1-3H3,(H,17,18). The molecule has 1 amide bonds. The van der Waals surface area contributed by atoms with Crippen molar-refractivity contribution in [3.63, 3.8) is 0 Å². The van der Waals surface area contributed by atoms with Crippen LogP contribution >= 0.6 is 11.6 Å². The minimum Gasteiger partial charge on any atom is -0.327 e. The highest BCUT2D eigenvalue weighted by Gasteiger charge is 2.18. The van der Waals surface area contributed by atoms with Crippen LogP contribution in [0.15, 0.2) is 18.3 Å². The summed E-state index contributed by atoms with van der Waals surface area (Å²) >= 11 is 5.66. The van der Waals surface area contributed by atoms with Crippen molar-refractivity contribution in [3.8, 4) is 0 Å². The van der Waals surface area contributed by atoms with E-state index in [-0.39, 0.29) is 17.4 Å². The maximum atomic E-state index is 11.7. The van der Waals surface area contributed by atoms with Crippen molar-refractivity contribution in [2.75, 3.05) is 5.32 Å². The van der Waals surface area contributed by atoms with Crippen LogP contribution in [-0.2, 0) is 4.79 Å². The third kappa shape index (κ3) is 5.98. The molecule has 0 fully saturated rings. The van der Waals surface area contributed by atoms with Gasteiger partial charge < -0.3 is 11.1 Å². The van der Waals surface area contributed by atoms with Crippen LogP contribution in [0.4, 0.5) is 5.69 Å². The second-order valence-electron chi connectivity index (χ2n) is 5.65. The number of hydrogen-bond acceptors (Lipinski definition) is 3. The Morgan fingerprint density at radius 3 is 2.67 bits per heavy atom. The Morgan fingerprint density at radius 2 is 2.17 bits per heavy atom.